The van der Waals surface area contributed by atoms with E-state index in [1.165, 1.54) is 13.2 Å². The fraction of sp³-hybridized carbons (Fsp3) is 0.333. The monoisotopic (exact) mass is 353 g/mol. The molecule has 1 N–H and O–H groups in total. The van der Waals surface area contributed by atoms with Crippen LogP contribution in [0, 0.1) is 6.92 Å². The van der Waals surface area contributed by atoms with Crippen LogP contribution in [0.5, 0.6) is 5.75 Å². The lowest BCUT2D eigenvalue weighted by atomic mass is 10.2. The van der Waals surface area contributed by atoms with Crippen molar-refractivity contribution < 1.29 is 22.5 Å². The molecule has 9 heteroatoms. The minimum absolute atomic E-state index is 0.0422. The first-order chi connectivity index (χ1) is 11.3. The van der Waals surface area contributed by atoms with E-state index >= 15 is 0 Å². The van der Waals surface area contributed by atoms with Gasteiger partial charge >= 0.3 is 0 Å². The summed E-state index contributed by atoms with van der Waals surface area (Å²) in [5.41, 5.74) is 0.428. The first-order valence-electron chi connectivity index (χ1n) is 7.14. The van der Waals surface area contributed by atoms with E-state index in [2.05, 4.69) is 10.5 Å². The van der Waals surface area contributed by atoms with E-state index in [4.69, 9.17) is 9.26 Å². The fourth-order valence-electron chi connectivity index (χ4n) is 2.06. The summed E-state index contributed by atoms with van der Waals surface area (Å²) < 4.78 is 34.8. The summed E-state index contributed by atoms with van der Waals surface area (Å²) in [5.74, 6) is 0.932. The largest absolute Gasteiger partial charge is 0.497 e. The number of hydrogen-bond donors (Lipinski definition) is 1. The van der Waals surface area contributed by atoms with Crippen molar-refractivity contribution in [2.45, 2.75) is 6.92 Å². The van der Waals surface area contributed by atoms with Gasteiger partial charge in [0.25, 0.3) is 5.91 Å². The molecule has 130 valence electrons. The summed E-state index contributed by atoms with van der Waals surface area (Å²) in [6.45, 7) is 1.83. The van der Waals surface area contributed by atoms with Gasteiger partial charge in [-0.05, 0) is 25.1 Å². The Hall–Kier alpha value is -2.55. The minimum Gasteiger partial charge on any atom is -0.497 e. The number of hydrogen-bond acceptors (Lipinski definition) is 6. The van der Waals surface area contributed by atoms with Gasteiger partial charge in [0.1, 0.15) is 11.5 Å². The minimum atomic E-state index is -3.54. The van der Waals surface area contributed by atoms with Crippen molar-refractivity contribution in [1.82, 2.24) is 10.5 Å². The van der Waals surface area contributed by atoms with E-state index in [0.29, 0.717) is 17.1 Å². The van der Waals surface area contributed by atoms with Crippen molar-refractivity contribution in [2.75, 3.05) is 30.8 Å². The van der Waals surface area contributed by atoms with Gasteiger partial charge in [-0.25, -0.2) is 12.7 Å². The van der Waals surface area contributed by atoms with Crippen molar-refractivity contribution in [1.29, 1.82) is 0 Å². The van der Waals surface area contributed by atoms with Crippen LogP contribution in [0.15, 0.2) is 34.9 Å². The number of aromatic nitrogens is 1. The number of carbonyl (C=O) groups excluding carboxylic acids is 1. The number of aryl methyl sites for hydroxylation is 1. The lowest BCUT2D eigenvalue weighted by Gasteiger charge is -2.19. The molecule has 0 atom stereocenters. The molecule has 1 aromatic carbocycles. The number of methoxy groups -OCH3 is 1. The summed E-state index contributed by atoms with van der Waals surface area (Å²) in [4.78, 5) is 12.1. The van der Waals surface area contributed by atoms with E-state index in [-0.39, 0.29) is 24.8 Å². The Morgan fingerprint density at radius 3 is 2.71 bits per heavy atom. The average molecular weight is 353 g/mol. The van der Waals surface area contributed by atoms with Crippen LogP contribution in [0.25, 0.3) is 0 Å². The topological polar surface area (TPSA) is 102 Å². The number of sulfonamides is 1. The lowest BCUT2D eigenvalue weighted by molar-refractivity contribution is 0.0954. The van der Waals surface area contributed by atoms with Gasteiger partial charge in [0.2, 0.25) is 10.0 Å². The molecule has 1 aromatic heterocycles. The highest BCUT2D eigenvalue weighted by atomic mass is 32.2. The number of ether oxygens (including phenoxy) is 1. The van der Waals surface area contributed by atoms with Gasteiger partial charge in [-0.15, -0.1) is 0 Å². The first kappa shape index (κ1) is 17.8. The number of anilines is 1. The Labute approximate surface area is 140 Å². The van der Waals surface area contributed by atoms with Crippen LogP contribution >= 0.6 is 0 Å². The molecule has 2 rings (SSSR count). The van der Waals surface area contributed by atoms with Gasteiger partial charge in [0.05, 0.1) is 19.9 Å². The highest BCUT2D eigenvalue weighted by Crippen LogP contribution is 2.16. The van der Waals surface area contributed by atoms with Gasteiger partial charge in [0.15, 0.2) is 5.82 Å². The second-order valence-corrected chi connectivity index (χ2v) is 7.03. The molecule has 2 aromatic rings. The molecule has 1 heterocycles. The van der Waals surface area contributed by atoms with Gasteiger partial charge < -0.3 is 14.6 Å². The van der Waals surface area contributed by atoms with E-state index in [9.17, 15) is 13.2 Å². The molecular weight excluding hydrogens is 334 g/mol. The van der Waals surface area contributed by atoms with Crippen LogP contribution in [0.1, 0.15) is 16.1 Å². The molecule has 0 aliphatic heterocycles. The molecule has 0 aliphatic carbocycles. The Balaban J connectivity index is 2.01. The normalized spacial score (nSPS) is 11.1. The molecule has 0 saturated carbocycles. The predicted octanol–water partition coefficient (Wildman–Crippen LogP) is 1.19. The third kappa shape index (κ3) is 4.48. The van der Waals surface area contributed by atoms with Crippen LogP contribution < -0.4 is 14.4 Å². The van der Waals surface area contributed by atoms with E-state index < -0.39 is 10.0 Å². The van der Waals surface area contributed by atoms with Crippen LogP contribution in [-0.2, 0) is 10.0 Å². The van der Waals surface area contributed by atoms with E-state index in [0.717, 1.165) is 10.6 Å². The van der Waals surface area contributed by atoms with E-state index in [1.54, 1.807) is 31.2 Å². The van der Waals surface area contributed by atoms with E-state index in [1.807, 2.05) is 0 Å². The molecule has 0 fully saturated rings. The second-order valence-electron chi connectivity index (χ2n) is 5.12. The van der Waals surface area contributed by atoms with Gasteiger partial charge in [0, 0.05) is 18.2 Å². The maximum atomic E-state index is 12.1. The molecule has 8 nitrogen and oxygen atoms in total. The Morgan fingerprint density at radius 1 is 1.38 bits per heavy atom. The number of nitrogens with zero attached hydrogens (tertiary/aromatic N) is 2. The highest BCUT2D eigenvalue weighted by molar-refractivity contribution is 7.92. The molecule has 0 saturated heterocycles. The first-order valence-corrected chi connectivity index (χ1v) is 8.99. The lowest BCUT2D eigenvalue weighted by Crippen LogP contribution is -2.38. The number of carbonyl (C=O) groups is 1. The molecule has 1 amide bonds. The quantitative estimate of drug-likeness (QED) is 0.802. The van der Waals surface area contributed by atoms with Crippen LogP contribution in [0.3, 0.4) is 0 Å². The van der Waals surface area contributed by atoms with Gasteiger partial charge in [-0.2, -0.15) is 0 Å². The highest BCUT2D eigenvalue weighted by Gasteiger charge is 2.20. The van der Waals surface area contributed by atoms with Crippen LogP contribution in [0.2, 0.25) is 0 Å². The Morgan fingerprint density at radius 2 is 2.12 bits per heavy atom. The zero-order valence-electron chi connectivity index (χ0n) is 13.6. The zero-order valence-corrected chi connectivity index (χ0v) is 14.5. The third-order valence-corrected chi connectivity index (χ3v) is 4.37. The summed E-state index contributed by atoms with van der Waals surface area (Å²) in [6.07, 6.45) is 1.07. The number of benzene rings is 1. The van der Waals surface area contributed by atoms with Crippen molar-refractivity contribution in [3.63, 3.8) is 0 Å². The molecule has 0 spiro atoms. The number of amides is 1. The Kier molecular flexibility index (Phi) is 5.45. The summed E-state index contributed by atoms with van der Waals surface area (Å²) in [5, 5.41) is 6.37. The summed E-state index contributed by atoms with van der Waals surface area (Å²) in [6, 6.07) is 8.20. The van der Waals surface area contributed by atoms with Crippen LogP contribution in [-0.4, -0.2) is 45.9 Å². The predicted molar refractivity (Wildman–Crippen MR) is 88.8 cm³/mol. The van der Waals surface area contributed by atoms with Crippen LogP contribution in [0.4, 0.5) is 5.82 Å². The van der Waals surface area contributed by atoms with Crippen molar-refractivity contribution in [3.05, 3.63) is 41.7 Å². The standard InChI is InChI=1S/C15H19N3O5S/c1-11-9-14(17-23-11)18(24(3,20)21)8-7-16-15(19)12-5-4-6-13(10-12)22-2/h4-6,9-10H,7-8H2,1-3H3,(H,16,19). The number of nitrogens with one attached hydrogen (secondary N) is 1. The molecule has 0 unspecified atom stereocenters. The third-order valence-electron chi connectivity index (χ3n) is 3.20. The SMILES string of the molecule is COc1cccc(C(=O)NCCN(c2cc(C)on2)S(C)(=O)=O)c1. The number of rotatable bonds is 7. The molecule has 0 bridgehead atoms. The smallest absolute Gasteiger partial charge is 0.251 e. The van der Waals surface area contributed by atoms with Crippen molar-refractivity contribution >= 4 is 21.7 Å². The summed E-state index contributed by atoms with van der Waals surface area (Å²) in [7, 11) is -2.02. The van der Waals surface area contributed by atoms with Gasteiger partial charge in [-0.1, -0.05) is 11.2 Å². The average Bonchev–Trinajstić information content (AvgIpc) is 2.96. The zero-order chi connectivity index (χ0) is 17.7. The maximum absolute atomic E-state index is 12.1. The molecule has 24 heavy (non-hydrogen) atoms. The molecular formula is C15H19N3O5S. The Bertz CT molecular complexity index is 816. The van der Waals surface area contributed by atoms with Crippen molar-refractivity contribution in [3.8, 4) is 5.75 Å². The summed E-state index contributed by atoms with van der Waals surface area (Å²) >= 11 is 0. The second kappa shape index (κ2) is 7.35. The van der Waals surface area contributed by atoms with Gasteiger partial charge in [-0.3, -0.25) is 4.79 Å². The molecule has 0 radical (unpaired) electrons. The maximum Gasteiger partial charge on any atom is 0.251 e. The van der Waals surface area contributed by atoms with Crippen molar-refractivity contribution in [2.24, 2.45) is 0 Å². The fourth-order valence-corrected chi connectivity index (χ4v) is 2.91. The molecule has 0 aliphatic rings.